The third-order valence-electron chi connectivity index (χ3n) is 2.28. The summed E-state index contributed by atoms with van der Waals surface area (Å²) in [7, 11) is 0. The maximum Gasteiger partial charge on any atom is 0.124 e. The number of aldehydes is 1. The molecule has 0 fully saturated rings. The Morgan fingerprint density at radius 3 is 2.45 bits per heavy atom. The van der Waals surface area contributed by atoms with Crippen LogP contribution in [0.3, 0.4) is 0 Å². The van der Waals surface area contributed by atoms with Gasteiger partial charge in [0.15, 0.2) is 0 Å². The van der Waals surface area contributed by atoms with Crippen molar-refractivity contribution >= 4 is 6.29 Å². The van der Waals surface area contributed by atoms with E-state index in [1.54, 1.807) is 0 Å². The van der Waals surface area contributed by atoms with Gasteiger partial charge in [0.25, 0.3) is 0 Å². The molecule has 0 spiro atoms. The van der Waals surface area contributed by atoms with E-state index in [0.717, 1.165) is 19.1 Å². The fraction of sp³-hybridized carbons (Fsp3) is 0.667. The summed E-state index contributed by atoms with van der Waals surface area (Å²) < 4.78 is 0. The Morgan fingerprint density at radius 2 is 1.91 bits per heavy atom. The second-order valence-electron chi connectivity index (χ2n) is 2.99. The average Bonchev–Trinajstić information content (AvgIpc) is 2.06. The van der Waals surface area contributed by atoms with E-state index >= 15 is 0 Å². The zero-order chi connectivity index (χ0) is 8.10. The molecule has 0 saturated heterocycles. The summed E-state index contributed by atoms with van der Waals surface area (Å²) >= 11 is 0. The molecule has 1 rings (SSSR count). The Kier molecular flexibility index (Phi) is 3.30. The molecular formula is C9H15NO. The van der Waals surface area contributed by atoms with Crippen molar-refractivity contribution in [2.24, 2.45) is 5.73 Å². The molecule has 0 amide bonds. The Labute approximate surface area is 67.5 Å². The van der Waals surface area contributed by atoms with Gasteiger partial charge < -0.3 is 10.5 Å². The van der Waals surface area contributed by atoms with Crippen LogP contribution in [0.5, 0.6) is 0 Å². The molecule has 0 heterocycles. The van der Waals surface area contributed by atoms with E-state index in [2.05, 4.69) is 0 Å². The van der Waals surface area contributed by atoms with Gasteiger partial charge in [-0.05, 0) is 25.7 Å². The van der Waals surface area contributed by atoms with Crippen LogP contribution in [0, 0.1) is 0 Å². The van der Waals surface area contributed by atoms with Gasteiger partial charge >= 0.3 is 0 Å². The van der Waals surface area contributed by atoms with E-state index in [9.17, 15) is 4.79 Å². The van der Waals surface area contributed by atoms with Crippen molar-refractivity contribution in [1.29, 1.82) is 0 Å². The van der Waals surface area contributed by atoms with Crippen LogP contribution in [0.2, 0.25) is 0 Å². The highest BCUT2D eigenvalue weighted by Gasteiger charge is 2.10. The topological polar surface area (TPSA) is 43.1 Å². The van der Waals surface area contributed by atoms with Crippen molar-refractivity contribution in [1.82, 2.24) is 0 Å². The zero-order valence-corrected chi connectivity index (χ0v) is 6.81. The second-order valence-corrected chi connectivity index (χ2v) is 2.99. The first-order valence-electron chi connectivity index (χ1n) is 4.22. The van der Waals surface area contributed by atoms with Crippen LogP contribution in [0.4, 0.5) is 0 Å². The molecule has 0 unspecified atom stereocenters. The lowest BCUT2D eigenvalue weighted by Gasteiger charge is -2.17. The molecule has 0 atom stereocenters. The van der Waals surface area contributed by atoms with Crippen LogP contribution in [-0.4, -0.2) is 12.8 Å². The molecule has 0 aromatic heterocycles. The third kappa shape index (κ3) is 2.15. The molecule has 62 valence electrons. The number of allylic oxidation sites excluding steroid dienone is 1. The minimum absolute atomic E-state index is 0.604. The second kappa shape index (κ2) is 4.29. The molecule has 0 bridgehead atoms. The molecule has 2 heteroatoms. The number of nitrogens with two attached hydrogens (primary N) is 1. The monoisotopic (exact) mass is 153 g/mol. The van der Waals surface area contributed by atoms with Crippen molar-refractivity contribution in [2.75, 3.05) is 6.54 Å². The van der Waals surface area contributed by atoms with Crippen LogP contribution in [-0.2, 0) is 4.79 Å². The van der Waals surface area contributed by atoms with Gasteiger partial charge in [-0.1, -0.05) is 11.1 Å². The molecule has 0 saturated carbocycles. The predicted octanol–water partition coefficient (Wildman–Crippen LogP) is 1.40. The Hall–Kier alpha value is -0.630. The molecular weight excluding hydrogens is 138 g/mol. The molecule has 0 radical (unpaired) electrons. The van der Waals surface area contributed by atoms with Gasteiger partial charge in [-0.25, -0.2) is 0 Å². The van der Waals surface area contributed by atoms with E-state index in [4.69, 9.17) is 5.73 Å². The minimum atomic E-state index is 0.604. The first kappa shape index (κ1) is 8.47. The Morgan fingerprint density at radius 1 is 1.27 bits per heavy atom. The summed E-state index contributed by atoms with van der Waals surface area (Å²) in [6.07, 6.45) is 6.26. The number of rotatable bonds is 3. The number of hydrogen-bond acceptors (Lipinski definition) is 2. The van der Waals surface area contributed by atoms with E-state index in [-0.39, 0.29) is 0 Å². The lowest BCUT2D eigenvalue weighted by Crippen LogP contribution is -2.10. The highest BCUT2D eigenvalue weighted by molar-refractivity contribution is 5.55. The van der Waals surface area contributed by atoms with Crippen LogP contribution in [0.15, 0.2) is 11.1 Å². The molecule has 0 aromatic rings. The van der Waals surface area contributed by atoms with E-state index < -0.39 is 0 Å². The van der Waals surface area contributed by atoms with Gasteiger partial charge in [-0.15, -0.1) is 0 Å². The summed E-state index contributed by atoms with van der Waals surface area (Å²) in [4.78, 5) is 10.3. The highest BCUT2D eigenvalue weighted by atomic mass is 16.1. The van der Waals surface area contributed by atoms with Crippen molar-refractivity contribution in [3.05, 3.63) is 11.1 Å². The van der Waals surface area contributed by atoms with Crippen molar-refractivity contribution < 1.29 is 4.79 Å². The fourth-order valence-corrected chi connectivity index (χ4v) is 1.62. The minimum Gasteiger partial charge on any atom is -0.327 e. The van der Waals surface area contributed by atoms with Crippen LogP contribution >= 0.6 is 0 Å². The largest absolute Gasteiger partial charge is 0.327 e. The predicted molar refractivity (Wildman–Crippen MR) is 45.2 cm³/mol. The first-order chi connectivity index (χ1) is 5.38. The average molecular weight is 153 g/mol. The normalized spacial score (nSPS) is 18.6. The third-order valence-corrected chi connectivity index (χ3v) is 2.28. The summed E-state index contributed by atoms with van der Waals surface area (Å²) in [5, 5.41) is 0. The molecule has 0 aliphatic heterocycles. The Balaban J connectivity index is 2.64. The maximum atomic E-state index is 10.3. The summed E-state index contributed by atoms with van der Waals surface area (Å²) in [5.41, 5.74) is 8.17. The van der Waals surface area contributed by atoms with Crippen molar-refractivity contribution in [3.8, 4) is 0 Å². The zero-order valence-electron chi connectivity index (χ0n) is 6.81. The van der Waals surface area contributed by atoms with Gasteiger partial charge in [0.05, 0.1) is 0 Å². The van der Waals surface area contributed by atoms with Gasteiger partial charge in [0.1, 0.15) is 6.29 Å². The van der Waals surface area contributed by atoms with Crippen molar-refractivity contribution in [2.45, 2.75) is 32.1 Å². The van der Waals surface area contributed by atoms with Gasteiger partial charge in [0.2, 0.25) is 0 Å². The van der Waals surface area contributed by atoms with Gasteiger partial charge in [-0.3, -0.25) is 0 Å². The smallest absolute Gasteiger partial charge is 0.124 e. The van der Waals surface area contributed by atoms with Gasteiger partial charge in [-0.2, -0.15) is 0 Å². The number of hydrogen-bond donors (Lipinski definition) is 1. The molecule has 0 aromatic carbocycles. The molecule has 2 N–H and O–H groups in total. The van der Waals surface area contributed by atoms with Crippen LogP contribution in [0.1, 0.15) is 32.1 Å². The standard InChI is InChI=1S/C9H15NO/c10-7-9-4-2-1-3-8(9)5-6-11/h6H,1-5,7,10H2. The lowest BCUT2D eigenvalue weighted by atomic mass is 9.90. The van der Waals surface area contributed by atoms with E-state index in [1.165, 1.54) is 24.0 Å². The van der Waals surface area contributed by atoms with Crippen LogP contribution < -0.4 is 5.73 Å². The first-order valence-corrected chi connectivity index (χ1v) is 4.22. The number of carbonyl (C=O) groups is 1. The molecule has 11 heavy (non-hydrogen) atoms. The van der Waals surface area contributed by atoms with E-state index in [1.807, 2.05) is 0 Å². The van der Waals surface area contributed by atoms with Gasteiger partial charge in [0, 0.05) is 13.0 Å². The fourth-order valence-electron chi connectivity index (χ4n) is 1.62. The molecule has 1 aliphatic rings. The number of carbonyl (C=O) groups excluding carboxylic acids is 1. The Bertz CT molecular complexity index is 172. The molecule has 1 aliphatic carbocycles. The van der Waals surface area contributed by atoms with Crippen LogP contribution in [0.25, 0.3) is 0 Å². The summed E-state index contributed by atoms with van der Waals surface area (Å²) in [6.45, 7) is 0.642. The SMILES string of the molecule is NCC1=C(CC=O)CCCC1. The lowest BCUT2D eigenvalue weighted by molar-refractivity contribution is -0.107. The highest BCUT2D eigenvalue weighted by Crippen LogP contribution is 2.25. The quantitative estimate of drug-likeness (QED) is 0.492. The van der Waals surface area contributed by atoms with Crippen molar-refractivity contribution in [3.63, 3.8) is 0 Å². The maximum absolute atomic E-state index is 10.3. The van der Waals surface area contributed by atoms with E-state index in [0.29, 0.717) is 13.0 Å². The summed E-state index contributed by atoms with van der Waals surface area (Å²) in [5.74, 6) is 0. The summed E-state index contributed by atoms with van der Waals surface area (Å²) in [6, 6.07) is 0. The molecule has 2 nitrogen and oxygen atoms in total.